The van der Waals surface area contributed by atoms with Crippen molar-refractivity contribution in [2.45, 2.75) is 12.5 Å². The molecule has 1 saturated heterocycles. The van der Waals surface area contributed by atoms with Crippen LogP contribution in [-0.2, 0) is 4.79 Å². The van der Waals surface area contributed by atoms with Gasteiger partial charge in [0.2, 0.25) is 5.91 Å². The van der Waals surface area contributed by atoms with Crippen LogP contribution in [0.5, 0.6) is 0 Å². The highest BCUT2D eigenvalue weighted by Gasteiger charge is 2.26. The van der Waals surface area contributed by atoms with Crippen LogP contribution in [0.15, 0.2) is 87.0 Å². The lowest BCUT2D eigenvalue weighted by molar-refractivity contribution is -0.121. The van der Waals surface area contributed by atoms with Crippen LogP contribution < -0.4 is 5.43 Å². The Kier molecular flexibility index (Phi) is 7.87. The molecular weight excluding hydrogens is 468 g/mol. The standard InChI is InChI=1S/C25H27BrN4O2/c26-23-12-11-22(32-23)19-27-28-24(31)13-14-29-15-17-30(18-16-29)25(20-7-3-1-4-8-20)21-9-5-2-6-10-21/h1-12,19,25H,13-18H2,(H,28,31)/b27-19+. The Labute approximate surface area is 197 Å². The molecule has 0 bridgehead atoms. The van der Waals surface area contributed by atoms with Crippen molar-refractivity contribution >= 4 is 28.1 Å². The molecule has 0 aliphatic carbocycles. The number of halogens is 1. The number of hydrogen-bond acceptors (Lipinski definition) is 5. The molecule has 32 heavy (non-hydrogen) atoms. The van der Waals surface area contributed by atoms with E-state index in [1.165, 1.54) is 17.3 Å². The maximum absolute atomic E-state index is 12.1. The second-order valence-corrected chi connectivity index (χ2v) is 8.57. The highest BCUT2D eigenvalue weighted by atomic mass is 79.9. The zero-order valence-electron chi connectivity index (χ0n) is 17.9. The van der Waals surface area contributed by atoms with Gasteiger partial charge in [-0.25, -0.2) is 5.43 Å². The van der Waals surface area contributed by atoms with Crippen molar-refractivity contribution in [3.8, 4) is 0 Å². The van der Waals surface area contributed by atoms with Crippen LogP contribution in [0.3, 0.4) is 0 Å². The largest absolute Gasteiger partial charge is 0.448 e. The molecule has 4 rings (SSSR count). The summed E-state index contributed by atoms with van der Waals surface area (Å²) in [6, 6.07) is 25.2. The number of carbonyl (C=O) groups is 1. The van der Waals surface area contributed by atoms with Crippen molar-refractivity contribution in [2.75, 3.05) is 32.7 Å². The molecule has 3 aromatic rings. The van der Waals surface area contributed by atoms with Crippen molar-refractivity contribution < 1.29 is 9.21 Å². The summed E-state index contributed by atoms with van der Waals surface area (Å²) in [7, 11) is 0. The van der Waals surface area contributed by atoms with Gasteiger partial charge in [0.05, 0.1) is 12.3 Å². The lowest BCUT2D eigenvalue weighted by Gasteiger charge is -2.39. The van der Waals surface area contributed by atoms with Gasteiger partial charge in [-0.3, -0.25) is 9.69 Å². The van der Waals surface area contributed by atoms with Gasteiger partial charge in [-0.1, -0.05) is 60.7 Å². The molecule has 1 aromatic heterocycles. The molecule has 166 valence electrons. The third-order valence-electron chi connectivity index (χ3n) is 5.63. The van der Waals surface area contributed by atoms with Gasteiger partial charge >= 0.3 is 0 Å². The molecule has 2 heterocycles. The Hall–Kier alpha value is -2.74. The summed E-state index contributed by atoms with van der Waals surface area (Å²) < 4.78 is 5.95. The number of amides is 1. The van der Waals surface area contributed by atoms with E-state index in [9.17, 15) is 4.79 Å². The van der Waals surface area contributed by atoms with E-state index in [0.717, 1.165) is 32.7 Å². The molecule has 2 aromatic carbocycles. The summed E-state index contributed by atoms with van der Waals surface area (Å²) >= 11 is 3.24. The van der Waals surface area contributed by atoms with Crippen molar-refractivity contribution in [2.24, 2.45) is 5.10 Å². The number of rotatable bonds is 8. The minimum atomic E-state index is -0.0965. The van der Waals surface area contributed by atoms with Gasteiger partial charge in [-0.2, -0.15) is 5.10 Å². The topological polar surface area (TPSA) is 61.1 Å². The minimum absolute atomic E-state index is 0.0965. The summed E-state index contributed by atoms with van der Waals surface area (Å²) in [5.74, 6) is 0.487. The number of hydrogen-bond donors (Lipinski definition) is 1. The molecule has 6 nitrogen and oxygen atoms in total. The summed E-state index contributed by atoms with van der Waals surface area (Å²) in [4.78, 5) is 17.0. The molecule has 0 unspecified atom stereocenters. The van der Waals surface area contributed by atoms with E-state index in [1.807, 2.05) is 0 Å². The number of piperazine rings is 1. The van der Waals surface area contributed by atoms with Crippen molar-refractivity contribution in [1.29, 1.82) is 0 Å². The van der Waals surface area contributed by atoms with Gasteiger partial charge in [-0.05, 0) is 39.2 Å². The number of benzene rings is 2. The van der Waals surface area contributed by atoms with Crippen LogP contribution in [-0.4, -0.2) is 54.6 Å². The monoisotopic (exact) mass is 494 g/mol. The van der Waals surface area contributed by atoms with E-state index in [2.05, 4.69) is 96.9 Å². The molecule has 1 amide bonds. The number of carbonyl (C=O) groups excluding carboxylic acids is 1. The maximum Gasteiger partial charge on any atom is 0.241 e. The third-order valence-corrected chi connectivity index (χ3v) is 6.06. The molecule has 0 atom stereocenters. The fraction of sp³-hybridized carbons (Fsp3) is 0.280. The Morgan fingerprint density at radius 3 is 2.16 bits per heavy atom. The first-order valence-corrected chi connectivity index (χ1v) is 11.6. The lowest BCUT2D eigenvalue weighted by Crippen LogP contribution is -2.48. The highest BCUT2D eigenvalue weighted by molar-refractivity contribution is 9.10. The summed E-state index contributed by atoms with van der Waals surface area (Å²) in [5.41, 5.74) is 5.19. The number of hydrazone groups is 1. The Morgan fingerprint density at radius 2 is 1.59 bits per heavy atom. The Morgan fingerprint density at radius 1 is 0.969 bits per heavy atom. The summed E-state index contributed by atoms with van der Waals surface area (Å²) in [5, 5.41) is 3.96. The molecule has 0 saturated carbocycles. The molecule has 1 aliphatic rings. The van der Waals surface area contributed by atoms with Gasteiger partial charge in [0, 0.05) is 39.1 Å². The molecule has 1 aliphatic heterocycles. The molecule has 0 spiro atoms. The van der Waals surface area contributed by atoms with Crippen LogP contribution in [0.25, 0.3) is 0 Å². The second-order valence-electron chi connectivity index (χ2n) is 7.79. The fourth-order valence-electron chi connectivity index (χ4n) is 4.01. The van der Waals surface area contributed by atoms with Crippen molar-refractivity contribution in [3.05, 3.63) is 94.4 Å². The van der Waals surface area contributed by atoms with E-state index in [4.69, 9.17) is 4.42 Å². The van der Waals surface area contributed by atoms with Crippen LogP contribution >= 0.6 is 15.9 Å². The van der Waals surface area contributed by atoms with Crippen molar-refractivity contribution in [1.82, 2.24) is 15.2 Å². The SMILES string of the molecule is O=C(CCN1CCN(C(c2ccccc2)c2ccccc2)CC1)N/N=C/c1ccc(Br)o1. The number of furan rings is 1. The molecule has 1 fully saturated rings. The molecule has 0 radical (unpaired) electrons. The predicted octanol–water partition coefficient (Wildman–Crippen LogP) is 4.29. The zero-order valence-corrected chi connectivity index (χ0v) is 19.4. The summed E-state index contributed by atoms with van der Waals surface area (Å²) in [6.07, 6.45) is 1.91. The third kappa shape index (κ3) is 6.16. The van der Waals surface area contributed by atoms with Gasteiger partial charge < -0.3 is 9.32 Å². The van der Waals surface area contributed by atoms with Crippen LogP contribution in [0.1, 0.15) is 29.3 Å². The zero-order chi connectivity index (χ0) is 22.2. The second kappa shape index (κ2) is 11.2. The molecule has 7 heteroatoms. The summed E-state index contributed by atoms with van der Waals surface area (Å²) in [6.45, 7) is 4.52. The quantitative estimate of drug-likeness (QED) is 0.374. The highest BCUT2D eigenvalue weighted by Crippen LogP contribution is 2.29. The smallest absolute Gasteiger partial charge is 0.241 e. The Bertz CT molecular complexity index is 975. The van der Waals surface area contributed by atoms with Gasteiger partial charge in [0.1, 0.15) is 5.76 Å². The predicted molar refractivity (Wildman–Crippen MR) is 130 cm³/mol. The first kappa shape index (κ1) is 22.5. The lowest BCUT2D eigenvalue weighted by atomic mass is 9.96. The Balaban J connectivity index is 1.27. The first-order valence-electron chi connectivity index (χ1n) is 10.8. The molecule has 1 N–H and O–H groups in total. The van der Waals surface area contributed by atoms with E-state index in [-0.39, 0.29) is 11.9 Å². The first-order chi connectivity index (χ1) is 15.7. The van der Waals surface area contributed by atoms with E-state index >= 15 is 0 Å². The van der Waals surface area contributed by atoms with Gasteiger partial charge in [0.25, 0.3) is 0 Å². The van der Waals surface area contributed by atoms with Crippen molar-refractivity contribution in [3.63, 3.8) is 0 Å². The number of nitrogens with zero attached hydrogens (tertiary/aromatic N) is 3. The van der Waals surface area contributed by atoms with E-state index in [0.29, 0.717) is 16.9 Å². The van der Waals surface area contributed by atoms with Crippen LogP contribution in [0, 0.1) is 0 Å². The van der Waals surface area contributed by atoms with Crippen LogP contribution in [0.2, 0.25) is 0 Å². The van der Waals surface area contributed by atoms with Gasteiger partial charge in [-0.15, -0.1) is 0 Å². The van der Waals surface area contributed by atoms with E-state index < -0.39 is 0 Å². The van der Waals surface area contributed by atoms with E-state index in [1.54, 1.807) is 12.1 Å². The van der Waals surface area contributed by atoms with Gasteiger partial charge in [0.15, 0.2) is 4.67 Å². The normalized spacial score (nSPS) is 15.4. The average Bonchev–Trinajstić information content (AvgIpc) is 3.25. The minimum Gasteiger partial charge on any atom is -0.448 e. The average molecular weight is 495 g/mol. The maximum atomic E-state index is 12.1. The molecular formula is C25H27BrN4O2. The fourth-order valence-corrected chi connectivity index (χ4v) is 4.33. The number of nitrogens with one attached hydrogen (secondary N) is 1. The van der Waals surface area contributed by atoms with Crippen LogP contribution in [0.4, 0.5) is 0 Å².